The summed E-state index contributed by atoms with van der Waals surface area (Å²) < 4.78 is 6.81. The number of nitrogens with zero attached hydrogens (tertiary/aromatic N) is 4. The highest BCUT2D eigenvalue weighted by Gasteiger charge is 2.13. The van der Waals surface area contributed by atoms with Crippen LogP contribution in [0.4, 0.5) is 5.13 Å². The van der Waals surface area contributed by atoms with E-state index in [1.165, 1.54) is 23.1 Å². The zero-order chi connectivity index (χ0) is 17.5. The van der Waals surface area contributed by atoms with E-state index in [-0.39, 0.29) is 24.1 Å². The average molecular weight is 369 g/mol. The molecule has 1 amide bonds. The Bertz CT molecular complexity index is 713. The van der Waals surface area contributed by atoms with Gasteiger partial charge in [-0.3, -0.25) is 9.59 Å². The standard InChI is InChI=1S/C14H19N5O3S2/c1-4-19-9(3)17-18-14(19)24-8-11(20)16-13-15-10(7-23-13)6-12(21)22-5-2/h7H,4-6,8H2,1-3H3,(H,15,16,20). The number of aromatic nitrogens is 4. The molecule has 24 heavy (non-hydrogen) atoms. The van der Waals surface area contributed by atoms with E-state index >= 15 is 0 Å². The van der Waals surface area contributed by atoms with Crippen LogP contribution in [0.15, 0.2) is 10.5 Å². The molecule has 1 N–H and O–H groups in total. The molecule has 2 rings (SSSR count). The van der Waals surface area contributed by atoms with E-state index in [9.17, 15) is 9.59 Å². The first-order valence-corrected chi connectivity index (χ1v) is 9.32. The Balaban J connectivity index is 1.84. The van der Waals surface area contributed by atoms with E-state index < -0.39 is 0 Å². The molecule has 0 bridgehead atoms. The fourth-order valence-corrected chi connectivity index (χ4v) is 3.50. The van der Waals surface area contributed by atoms with Crippen LogP contribution in [0.5, 0.6) is 0 Å². The van der Waals surface area contributed by atoms with E-state index in [2.05, 4.69) is 20.5 Å². The molecule has 130 valence electrons. The van der Waals surface area contributed by atoms with E-state index in [0.29, 0.717) is 22.6 Å². The number of rotatable bonds is 8. The quantitative estimate of drug-likeness (QED) is 0.560. The van der Waals surface area contributed by atoms with Crippen LogP contribution in [0.2, 0.25) is 0 Å². The van der Waals surface area contributed by atoms with E-state index in [1.807, 2.05) is 18.4 Å². The molecule has 0 unspecified atom stereocenters. The van der Waals surface area contributed by atoms with Gasteiger partial charge in [-0.05, 0) is 20.8 Å². The molecule has 0 aromatic carbocycles. The number of thioether (sulfide) groups is 1. The average Bonchev–Trinajstić information content (AvgIpc) is 3.11. The third-order valence-corrected chi connectivity index (χ3v) is 4.75. The molecular weight excluding hydrogens is 350 g/mol. The molecule has 0 aliphatic carbocycles. The van der Waals surface area contributed by atoms with Gasteiger partial charge in [-0.25, -0.2) is 4.98 Å². The second-order valence-electron chi connectivity index (χ2n) is 4.74. The van der Waals surface area contributed by atoms with Crippen molar-refractivity contribution < 1.29 is 14.3 Å². The molecule has 2 aromatic rings. The van der Waals surface area contributed by atoms with Crippen molar-refractivity contribution in [3.8, 4) is 0 Å². The SMILES string of the molecule is CCOC(=O)Cc1csc(NC(=O)CSc2nnc(C)n2CC)n1. The van der Waals surface area contributed by atoms with Gasteiger partial charge in [0.2, 0.25) is 5.91 Å². The van der Waals surface area contributed by atoms with Crippen LogP contribution in [0.1, 0.15) is 25.4 Å². The summed E-state index contributed by atoms with van der Waals surface area (Å²) in [5.41, 5.74) is 0.586. The lowest BCUT2D eigenvalue weighted by Gasteiger charge is -2.04. The molecule has 0 radical (unpaired) electrons. The number of hydrogen-bond donors (Lipinski definition) is 1. The molecule has 0 fully saturated rings. The predicted octanol–water partition coefficient (Wildman–Crippen LogP) is 1.90. The molecular formula is C14H19N5O3S2. The first kappa shape index (κ1) is 18.4. The van der Waals surface area contributed by atoms with E-state index in [0.717, 1.165) is 12.4 Å². The normalized spacial score (nSPS) is 10.6. The number of esters is 1. The Hall–Kier alpha value is -1.94. The van der Waals surface area contributed by atoms with Crippen molar-refractivity contribution in [3.63, 3.8) is 0 Å². The molecule has 2 aromatic heterocycles. The molecule has 10 heteroatoms. The van der Waals surface area contributed by atoms with Crippen LogP contribution in [-0.2, 0) is 27.3 Å². The molecule has 2 heterocycles. The summed E-state index contributed by atoms with van der Waals surface area (Å²) in [5, 5.41) is 13.7. The summed E-state index contributed by atoms with van der Waals surface area (Å²) in [7, 11) is 0. The Labute approximate surface area is 148 Å². The van der Waals surface area contributed by atoms with Crippen molar-refractivity contribution in [2.45, 2.75) is 38.9 Å². The lowest BCUT2D eigenvalue weighted by atomic mass is 10.3. The number of carbonyl (C=O) groups is 2. The summed E-state index contributed by atoms with van der Waals surface area (Å²) in [4.78, 5) is 27.6. The third kappa shape index (κ3) is 5.03. The Morgan fingerprint density at radius 3 is 2.88 bits per heavy atom. The first-order chi connectivity index (χ1) is 11.5. The first-order valence-electron chi connectivity index (χ1n) is 7.46. The van der Waals surface area contributed by atoms with Gasteiger partial charge in [0.05, 0.1) is 24.5 Å². The van der Waals surface area contributed by atoms with Gasteiger partial charge in [0.25, 0.3) is 0 Å². The van der Waals surface area contributed by atoms with Gasteiger partial charge in [0.1, 0.15) is 5.82 Å². The maximum absolute atomic E-state index is 12.0. The molecule has 0 saturated carbocycles. The highest BCUT2D eigenvalue weighted by Crippen LogP contribution is 2.19. The van der Waals surface area contributed by atoms with Crippen LogP contribution in [0, 0.1) is 6.92 Å². The number of anilines is 1. The minimum Gasteiger partial charge on any atom is -0.466 e. The lowest BCUT2D eigenvalue weighted by Crippen LogP contribution is -2.15. The predicted molar refractivity (Wildman–Crippen MR) is 92.2 cm³/mol. The van der Waals surface area contributed by atoms with Gasteiger partial charge < -0.3 is 14.6 Å². The Kier molecular flexibility index (Phi) is 6.73. The van der Waals surface area contributed by atoms with Crippen molar-refractivity contribution >= 4 is 40.1 Å². The van der Waals surface area contributed by atoms with Crippen LogP contribution >= 0.6 is 23.1 Å². The van der Waals surface area contributed by atoms with Gasteiger partial charge in [-0.2, -0.15) is 0 Å². The van der Waals surface area contributed by atoms with E-state index in [4.69, 9.17) is 4.74 Å². The minimum atomic E-state index is -0.328. The van der Waals surface area contributed by atoms with Gasteiger partial charge >= 0.3 is 5.97 Å². The molecule has 0 saturated heterocycles. The fourth-order valence-electron chi connectivity index (χ4n) is 1.92. The lowest BCUT2D eigenvalue weighted by molar-refractivity contribution is -0.142. The zero-order valence-electron chi connectivity index (χ0n) is 13.7. The maximum atomic E-state index is 12.0. The van der Waals surface area contributed by atoms with Crippen molar-refractivity contribution in [1.29, 1.82) is 0 Å². The third-order valence-electron chi connectivity index (χ3n) is 2.98. The summed E-state index contributed by atoms with van der Waals surface area (Å²) in [5.74, 6) is 0.528. The molecule has 0 aliphatic rings. The monoisotopic (exact) mass is 369 g/mol. The topological polar surface area (TPSA) is 99.0 Å². The van der Waals surface area contributed by atoms with Crippen LogP contribution in [0.25, 0.3) is 0 Å². The summed E-state index contributed by atoms with van der Waals surface area (Å²) in [6, 6.07) is 0. The Morgan fingerprint density at radius 1 is 1.38 bits per heavy atom. The Morgan fingerprint density at radius 2 is 2.17 bits per heavy atom. The number of carbonyl (C=O) groups excluding carboxylic acids is 2. The second-order valence-corrected chi connectivity index (χ2v) is 6.54. The van der Waals surface area contributed by atoms with Crippen molar-refractivity contribution in [3.05, 3.63) is 16.9 Å². The van der Waals surface area contributed by atoms with Gasteiger partial charge in [0.15, 0.2) is 10.3 Å². The number of ether oxygens (including phenoxy) is 1. The fraction of sp³-hybridized carbons (Fsp3) is 0.500. The molecule has 0 atom stereocenters. The highest BCUT2D eigenvalue weighted by atomic mass is 32.2. The van der Waals surface area contributed by atoms with Gasteiger partial charge in [0, 0.05) is 11.9 Å². The van der Waals surface area contributed by atoms with Gasteiger partial charge in [-0.1, -0.05) is 11.8 Å². The molecule has 0 aliphatic heterocycles. The van der Waals surface area contributed by atoms with Crippen LogP contribution in [0.3, 0.4) is 0 Å². The van der Waals surface area contributed by atoms with Crippen molar-refractivity contribution in [1.82, 2.24) is 19.7 Å². The smallest absolute Gasteiger partial charge is 0.311 e. The number of nitrogens with one attached hydrogen (secondary N) is 1. The summed E-state index contributed by atoms with van der Waals surface area (Å²) in [6.45, 7) is 6.73. The largest absolute Gasteiger partial charge is 0.466 e. The zero-order valence-corrected chi connectivity index (χ0v) is 15.4. The number of aryl methyl sites for hydroxylation is 1. The van der Waals surface area contributed by atoms with Gasteiger partial charge in [-0.15, -0.1) is 21.5 Å². The van der Waals surface area contributed by atoms with E-state index in [1.54, 1.807) is 12.3 Å². The number of amides is 1. The highest BCUT2D eigenvalue weighted by molar-refractivity contribution is 7.99. The minimum absolute atomic E-state index is 0.105. The second kappa shape index (κ2) is 8.78. The summed E-state index contributed by atoms with van der Waals surface area (Å²) >= 11 is 2.60. The van der Waals surface area contributed by atoms with Crippen LogP contribution in [-0.4, -0.2) is 44.0 Å². The number of hydrogen-bond acceptors (Lipinski definition) is 8. The summed E-state index contributed by atoms with van der Waals surface area (Å²) in [6.07, 6.45) is 0.105. The maximum Gasteiger partial charge on any atom is 0.311 e. The number of thiazole rings is 1. The van der Waals surface area contributed by atoms with Crippen LogP contribution < -0.4 is 5.32 Å². The van der Waals surface area contributed by atoms with Crippen molar-refractivity contribution in [2.24, 2.45) is 0 Å². The molecule has 8 nitrogen and oxygen atoms in total. The molecule has 0 spiro atoms. The van der Waals surface area contributed by atoms with Crippen molar-refractivity contribution in [2.75, 3.05) is 17.7 Å².